The van der Waals surface area contributed by atoms with E-state index in [1.54, 1.807) is 32.2 Å². The highest BCUT2D eigenvalue weighted by molar-refractivity contribution is 5.99. The summed E-state index contributed by atoms with van der Waals surface area (Å²) in [6, 6.07) is 12.5. The van der Waals surface area contributed by atoms with Crippen molar-refractivity contribution in [1.82, 2.24) is 0 Å². The quantitative estimate of drug-likeness (QED) is 0.905. The topological polar surface area (TPSA) is 76.7 Å². The number of amides is 2. The lowest BCUT2D eigenvalue weighted by Gasteiger charge is -2.23. The molecule has 0 saturated carbocycles. The third kappa shape index (κ3) is 3.48. The molecule has 24 heavy (non-hydrogen) atoms. The number of rotatable bonds is 4. The summed E-state index contributed by atoms with van der Waals surface area (Å²) in [7, 11) is 1.59. The molecule has 0 unspecified atom stereocenters. The van der Waals surface area contributed by atoms with Gasteiger partial charge in [-0.25, -0.2) is 0 Å². The molecule has 1 aliphatic heterocycles. The molecular weight excluding hydrogens is 308 g/mol. The lowest BCUT2D eigenvalue weighted by Crippen LogP contribution is -2.34. The smallest absolute Gasteiger partial charge is 0.265 e. The molecule has 2 amide bonds. The van der Waals surface area contributed by atoms with Gasteiger partial charge in [-0.3, -0.25) is 9.59 Å². The predicted octanol–water partition coefficient (Wildman–Crippen LogP) is 2.60. The molecule has 0 saturated heterocycles. The molecule has 2 aromatic carbocycles. The Morgan fingerprint density at radius 3 is 2.92 bits per heavy atom. The van der Waals surface area contributed by atoms with E-state index in [4.69, 9.17) is 9.47 Å². The minimum Gasteiger partial charge on any atom is -0.497 e. The Bertz CT molecular complexity index is 788. The molecule has 1 atom stereocenters. The number of carbonyl (C=O) groups is 2. The van der Waals surface area contributed by atoms with Crippen LogP contribution in [-0.2, 0) is 16.0 Å². The zero-order valence-corrected chi connectivity index (χ0v) is 13.5. The van der Waals surface area contributed by atoms with Gasteiger partial charge >= 0.3 is 0 Å². The molecular formula is C18H18N2O4. The molecule has 124 valence electrons. The number of anilines is 2. The van der Waals surface area contributed by atoms with Crippen LogP contribution in [0.3, 0.4) is 0 Å². The van der Waals surface area contributed by atoms with Crippen LogP contribution in [0.5, 0.6) is 11.5 Å². The fourth-order valence-electron chi connectivity index (χ4n) is 2.46. The fraction of sp³-hybridized carbons (Fsp3) is 0.222. The van der Waals surface area contributed by atoms with Gasteiger partial charge in [0, 0.05) is 5.69 Å². The molecule has 2 N–H and O–H groups in total. The van der Waals surface area contributed by atoms with E-state index in [-0.39, 0.29) is 18.2 Å². The highest BCUT2D eigenvalue weighted by atomic mass is 16.5. The van der Waals surface area contributed by atoms with Crippen molar-refractivity contribution in [3.05, 3.63) is 48.0 Å². The van der Waals surface area contributed by atoms with Crippen molar-refractivity contribution in [2.24, 2.45) is 0 Å². The van der Waals surface area contributed by atoms with Gasteiger partial charge in [-0.05, 0) is 42.8 Å². The van der Waals surface area contributed by atoms with Crippen LogP contribution in [0.25, 0.3) is 0 Å². The summed E-state index contributed by atoms with van der Waals surface area (Å²) >= 11 is 0. The van der Waals surface area contributed by atoms with Gasteiger partial charge < -0.3 is 20.1 Å². The first-order valence-electron chi connectivity index (χ1n) is 7.59. The number of nitrogens with one attached hydrogen (secondary N) is 2. The molecule has 2 aromatic rings. The van der Waals surface area contributed by atoms with Crippen molar-refractivity contribution < 1.29 is 19.1 Å². The van der Waals surface area contributed by atoms with Gasteiger partial charge in [-0.1, -0.05) is 12.1 Å². The SMILES string of the molecule is COc1cccc(CC(=O)Nc2ccc3c(c2)NC(=O)[C@@H](C)O3)c1. The molecule has 1 heterocycles. The van der Waals surface area contributed by atoms with Gasteiger partial charge in [-0.2, -0.15) is 0 Å². The number of carbonyl (C=O) groups excluding carboxylic acids is 2. The van der Waals surface area contributed by atoms with E-state index < -0.39 is 6.10 Å². The van der Waals surface area contributed by atoms with Crippen LogP contribution in [0, 0.1) is 0 Å². The molecule has 0 aliphatic carbocycles. The normalized spacial score (nSPS) is 15.8. The average Bonchev–Trinajstić information content (AvgIpc) is 2.56. The Balaban J connectivity index is 1.68. The van der Waals surface area contributed by atoms with E-state index in [1.807, 2.05) is 24.3 Å². The van der Waals surface area contributed by atoms with Gasteiger partial charge in [0.15, 0.2) is 6.10 Å². The molecule has 0 aromatic heterocycles. The zero-order chi connectivity index (χ0) is 17.1. The van der Waals surface area contributed by atoms with E-state index in [1.165, 1.54) is 0 Å². The first kappa shape index (κ1) is 15.9. The average molecular weight is 326 g/mol. The Hall–Kier alpha value is -3.02. The van der Waals surface area contributed by atoms with Gasteiger partial charge in [-0.15, -0.1) is 0 Å². The second-order valence-corrected chi connectivity index (χ2v) is 5.54. The van der Waals surface area contributed by atoms with Crippen molar-refractivity contribution in [2.45, 2.75) is 19.4 Å². The van der Waals surface area contributed by atoms with E-state index >= 15 is 0 Å². The molecule has 6 heteroatoms. The third-order valence-corrected chi connectivity index (χ3v) is 3.69. The molecule has 6 nitrogen and oxygen atoms in total. The number of fused-ring (bicyclic) bond motifs is 1. The number of hydrogen-bond acceptors (Lipinski definition) is 4. The van der Waals surface area contributed by atoms with Crippen molar-refractivity contribution in [1.29, 1.82) is 0 Å². The first-order valence-corrected chi connectivity index (χ1v) is 7.59. The zero-order valence-electron chi connectivity index (χ0n) is 13.5. The van der Waals surface area contributed by atoms with Crippen LogP contribution in [0.1, 0.15) is 12.5 Å². The van der Waals surface area contributed by atoms with Crippen LogP contribution >= 0.6 is 0 Å². The fourth-order valence-corrected chi connectivity index (χ4v) is 2.46. The maximum absolute atomic E-state index is 12.2. The number of methoxy groups -OCH3 is 1. The molecule has 3 rings (SSSR count). The summed E-state index contributed by atoms with van der Waals surface area (Å²) in [6.07, 6.45) is -0.292. The van der Waals surface area contributed by atoms with Gasteiger partial charge in [0.2, 0.25) is 5.91 Å². The largest absolute Gasteiger partial charge is 0.497 e. The second kappa shape index (κ2) is 6.62. The summed E-state index contributed by atoms with van der Waals surface area (Å²) in [5.41, 5.74) is 2.01. The maximum Gasteiger partial charge on any atom is 0.265 e. The molecule has 0 fully saturated rings. The molecule has 0 bridgehead atoms. The van der Waals surface area contributed by atoms with Gasteiger partial charge in [0.1, 0.15) is 11.5 Å². The van der Waals surface area contributed by atoms with Crippen molar-refractivity contribution >= 4 is 23.2 Å². The van der Waals surface area contributed by atoms with E-state index in [0.29, 0.717) is 22.9 Å². The highest BCUT2D eigenvalue weighted by Crippen LogP contribution is 2.32. The summed E-state index contributed by atoms with van der Waals surface area (Å²) in [5, 5.41) is 5.57. The number of ether oxygens (including phenoxy) is 2. The Morgan fingerprint density at radius 1 is 1.29 bits per heavy atom. The van der Waals surface area contributed by atoms with Crippen LogP contribution in [0.4, 0.5) is 11.4 Å². The lowest BCUT2D eigenvalue weighted by molar-refractivity contribution is -0.122. The Kier molecular flexibility index (Phi) is 4.37. The van der Waals surface area contributed by atoms with Crippen molar-refractivity contribution in [3.63, 3.8) is 0 Å². The van der Waals surface area contributed by atoms with Crippen LogP contribution < -0.4 is 20.1 Å². The van der Waals surface area contributed by atoms with Gasteiger partial charge in [0.05, 0.1) is 19.2 Å². The van der Waals surface area contributed by atoms with Crippen LogP contribution in [-0.4, -0.2) is 25.0 Å². The minimum absolute atomic E-state index is 0.153. The van der Waals surface area contributed by atoms with Gasteiger partial charge in [0.25, 0.3) is 5.91 Å². The van der Waals surface area contributed by atoms with Crippen molar-refractivity contribution in [2.75, 3.05) is 17.7 Å². The number of hydrogen-bond donors (Lipinski definition) is 2. The van der Waals surface area contributed by atoms with E-state index in [0.717, 1.165) is 5.56 Å². The summed E-state index contributed by atoms with van der Waals surface area (Å²) in [5.74, 6) is 0.943. The second-order valence-electron chi connectivity index (χ2n) is 5.54. The lowest BCUT2D eigenvalue weighted by atomic mass is 10.1. The third-order valence-electron chi connectivity index (χ3n) is 3.69. The molecule has 0 spiro atoms. The monoisotopic (exact) mass is 326 g/mol. The Morgan fingerprint density at radius 2 is 2.12 bits per heavy atom. The van der Waals surface area contributed by atoms with Crippen LogP contribution in [0.2, 0.25) is 0 Å². The standard InChI is InChI=1S/C18H18N2O4/c1-11-18(22)20-15-10-13(6-7-16(15)24-11)19-17(21)9-12-4-3-5-14(8-12)23-2/h3-8,10-11H,9H2,1-2H3,(H,19,21)(H,20,22)/t11-/m1/s1. The van der Waals surface area contributed by atoms with Crippen LogP contribution in [0.15, 0.2) is 42.5 Å². The molecule has 0 radical (unpaired) electrons. The summed E-state index contributed by atoms with van der Waals surface area (Å²) < 4.78 is 10.6. The first-order chi connectivity index (χ1) is 11.5. The minimum atomic E-state index is -0.522. The summed E-state index contributed by atoms with van der Waals surface area (Å²) in [6.45, 7) is 1.68. The maximum atomic E-state index is 12.2. The highest BCUT2D eigenvalue weighted by Gasteiger charge is 2.23. The summed E-state index contributed by atoms with van der Waals surface area (Å²) in [4.78, 5) is 23.9. The number of benzene rings is 2. The predicted molar refractivity (Wildman–Crippen MR) is 90.5 cm³/mol. The van der Waals surface area contributed by atoms with E-state index in [2.05, 4.69) is 10.6 Å². The molecule has 1 aliphatic rings. The Labute approximate surface area is 139 Å². The van der Waals surface area contributed by atoms with E-state index in [9.17, 15) is 9.59 Å². The van der Waals surface area contributed by atoms with Crippen molar-refractivity contribution in [3.8, 4) is 11.5 Å².